The molecule has 1 atom stereocenters. The van der Waals surface area contributed by atoms with Crippen LogP contribution < -0.4 is 5.32 Å². The fourth-order valence-corrected chi connectivity index (χ4v) is 3.98. The van der Waals surface area contributed by atoms with E-state index in [2.05, 4.69) is 25.3 Å². The number of carbonyl (C=O) groups is 1. The van der Waals surface area contributed by atoms with Gasteiger partial charge in [-0.2, -0.15) is 0 Å². The second kappa shape index (κ2) is 9.38. The van der Waals surface area contributed by atoms with Crippen LogP contribution in [0.3, 0.4) is 0 Å². The average Bonchev–Trinajstić information content (AvgIpc) is 3.26. The maximum atomic E-state index is 12.6. The van der Waals surface area contributed by atoms with E-state index in [1.807, 2.05) is 34.6 Å². The third-order valence-electron chi connectivity index (χ3n) is 4.82. The van der Waals surface area contributed by atoms with Gasteiger partial charge in [-0.25, -0.2) is 15.0 Å². The molecule has 1 saturated heterocycles. The number of carbonyl (C=O) groups excluding carboxylic acids is 1. The molecule has 4 rings (SSSR count). The van der Waals surface area contributed by atoms with Crippen molar-refractivity contribution in [2.75, 3.05) is 18.4 Å². The van der Waals surface area contributed by atoms with Gasteiger partial charge in [0.25, 0.3) is 0 Å². The van der Waals surface area contributed by atoms with E-state index in [0.717, 1.165) is 54.6 Å². The Morgan fingerprint density at radius 1 is 1.31 bits per heavy atom. The lowest BCUT2D eigenvalue weighted by atomic mass is 9.93. The number of pyridine rings is 1. The van der Waals surface area contributed by atoms with Crippen molar-refractivity contribution in [3.8, 4) is 0 Å². The van der Waals surface area contributed by atoms with Gasteiger partial charge in [0.2, 0.25) is 5.91 Å². The second-order valence-corrected chi connectivity index (χ2v) is 7.87. The number of rotatable bonds is 6. The van der Waals surface area contributed by atoms with E-state index in [4.69, 9.17) is 0 Å². The molecule has 8 heteroatoms. The number of hydrogen-bond acceptors (Lipinski definition) is 7. The number of thiazole rings is 1. The zero-order chi connectivity index (χ0) is 19.9. The van der Waals surface area contributed by atoms with Crippen LogP contribution in [0.1, 0.15) is 24.1 Å². The van der Waals surface area contributed by atoms with Crippen molar-refractivity contribution >= 4 is 34.3 Å². The topological polar surface area (TPSA) is 83.9 Å². The molecule has 0 radical (unpaired) electrons. The van der Waals surface area contributed by atoms with Crippen LogP contribution in [0.4, 0.5) is 10.9 Å². The number of hydrogen-bond donors (Lipinski definition) is 1. The maximum Gasteiger partial charge on any atom is 0.246 e. The van der Waals surface area contributed by atoms with E-state index in [-0.39, 0.29) is 5.91 Å². The monoisotopic (exact) mass is 406 g/mol. The Morgan fingerprint density at radius 3 is 3.10 bits per heavy atom. The lowest BCUT2D eigenvalue weighted by Crippen LogP contribution is -2.39. The first kappa shape index (κ1) is 19.2. The molecule has 0 aliphatic carbocycles. The molecule has 7 nitrogen and oxygen atoms in total. The summed E-state index contributed by atoms with van der Waals surface area (Å²) < 4.78 is 0. The minimum Gasteiger partial charge on any atom is -0.339 e. The van der Waals surface area contributed by atoms with Crippen molar-refractivity contribution in [1.29, 1.82) is 0 Å². The molecule has 0 bridgehead atoms. The third kappa shape index (κ3) is 5.45. The minimum absolute atomic E-state index is 0.0485. The van der Waals surface area contributed by atoms with Crippen LogP contribution in [0, 0.1) is 5.92 Å². The average molecular weight is 407 g/mol. The molecular formula is C21H22N6OS. The molecular weight excluding hydrogens is 384 g/mol. The number of likely N-dealkylation sites (tertiary alicyclic amines) is 1. The Labute approximate surface area is 173 Å². The summed E-state index contributed by atoms with van der Waals surface area (Å²) in [5.74, 6) is 1.18. The highest BCUT2D eigenvalue weighted by Gasteiger charge is 2.23. The Morgan fingerprint density at radius 2 is 2.28 bits per heavy atom. The van der Waals surface area contributed by atoms with E-state index in [1.165, 1.54) is 11.3 Å². The molecule has 4 heterocycles. The quantitative estimate of drug-likeness (QED) is 0.630. The standard InChI is InChI=1S/C21H22N6OS/c28-20(6-5-16-3-1-7-22-13-16)27-9-2-4-17(14-27)11-18-12-19(25-15-24-18)26-21-23-8-10-29-21/h1,3,5-8,10,12-13,15,17H,2,4,9,11,14H2,(H,23,24,25,26)/b6-5+. The number of nitrogens with zero attached hydrogens (tertiary/aromatic N) is 5. The summed E-state index contributed by atoms with van der Waals surface area (Å²) in [6.45, 7) is 1.54. The zero-order valence-corrected chi connectivity index (χ0v) is 16.8. The summed E-state index contributed by atoms with van der Waals surface area (Å²) >= 11 is 1.53. The first-order valence-electron chi connectivity index (χ1n) is 9.61. The van der Waals surface area contributed by atoms with Crippen LogP contribution in [0.25, 0.3) is 6.08 Å². The number of nitrogens with one attached hydrogen (secondary N) is 1. The molecule has 1 fully saturated rings. The number of amides is 1. The van der Waals surface area contributed by atoms with Gasteiger partial charge in [-0.3, -0.25) is 9.78 Å². The van der Waals surface area contributed by atoms with Crippen LogP contribution >= 0.6 is 11.3 Å². The molecule has 3 aromatic heterocycles. The lowest BCUT2D eigenvalue weighted by Gasteiger charge is -2.32. The van der Waals surface area contributed by atoms with Crippen molar-refractivity contribution in [1.82, 2.24) is 24.8 Å². The largest absolute Gasteiger partial charge is 0.339 e. The van der Waals surface area contributed by atoms with Crippen molar-refractivity contribution in [2.45, 2.75) is 19.3 Å². The lowest BCUT2D eigenvalue weighted by molar-refractivity contribution is -0.127. The number of anilines is 2. The molecule has 148 valence electrons. The summed E-state index contributed by atoms with van der Waals surface area (Å²) in [4.78, 5) is 31.5. The first-order valence-corrected chi connectivity index (χ1v) is 10.5. The van der Waals surface area contributed by atoms with Crippen LogP contribution in [0.5, 0.6) is 0 Å². The highest BCUT2D eigenvalue weighted by atomic mass is 32.1. The van der Waals surface area contributed by atoms with Crippen LogP contribution in [0.15, 0.2) is 54.6 Å². The Hall–Kier alpha value is -3.13. The molecule has 29 heavy (non-hydrogen) atoms. The first-order chi connectivity index (χ1) is 14.3. The molecule has 1 N–H and O–H groups in total. The summed E-state index contributed by atoms with van der Waals surface area (Å²) in [6, 6.07) is 5.76. The van der Waals surface area contributed by atoms with Gasteiger partial charge in [0.05, 0.1) is 0 Å². The van der Waals surface area contributed by atoms with E-state index >= 15 is 0 Å². The third-order valence-corrected chi connectivity index (χ3v) is 5.51. The van der Waals surface area contributed by atoms with Gasteiger partial charge >= 0.3 is 0 Å². The minimum atomic E-state index is 0.0485. The molecule has 0 saturated carbocycles. The summed E-state index contributed by atoms with van der Waals surface area (Å²) in [5, 5.41) is 5.93. The molecule has 1 amide bonds. The van der Waals surface area contributed by atoms with Gasteiger partial charge in [-0.1, -0.05) is 6.07 Å². The van der Waals surface area contributed by atoms with E-state index < -0.39 is 0 Å². The SMILES string of the molecule is O=C(/C=C/c1cccnc1)N1CCCC(Cc2cc(Nc3nccs3)ncn2)C1. The van der Waals surface area contributed by atoms with Crippen LogP contribution in [-0.4, -0.2) is 43.8 Å². The fraction of sp³-hybridized carbons (Fsp3) is 0.286. The molecule has 1 aliphatic rings. The molecule has 3 aromatic rings. The summed E-state index contributed by atoms with van der Waals surface area (Å²) in [7, 11) is 0. The van der Waals surface area contributed by atoms with E-state index in [1.54, 1.807) is 31.0 Å². The fourth-order valence-electron chi connectivity index (χ4n) is 3.45. The number of aromatic nitrogens is 4. The van der Waals surface area contributed by atoms with Crippen LogP contribution in [0.2, 0.25) is 0 Å². The highest BCUT2D eigenvalue weighted by molar-refractivity contribution is 7.13. The molecule has 1 aliphatic heterocycles. The van der Waals surface area contributed by atoms with Gasteiger partial charge in [0.1, 0.15) is 12.1 Å². The summed E-state index contributed by atoms with van der Waals surface area (Å²) in [6.07, 6.45) is 13.2. The van der Waals surface area contributed by atoms with E-state index in [0.29, 0.717) is 5.92 Å². The molecule has 0 aromatic carbocycles. The summed E-state index contributed by atoms with van der Waals surface area (Å²) in [5.41, 5.74) is 1.90. The second-order valence-electron chi connectivity index (χ2n) is 6.97. The zero-order valence-electron chi connectivity index (χ0n) is 15.9. The van der Waals surface area contributed by atoms with Crippen molar-refractivity contribution in [2.24, 2.45) is 5.92 Å². The predicted molar refractivity (Wildman–Crippen MR) is 114 cm³/mol. The van der Waals surface area contributed by atoms with E-state index in [9.17, 15) is 4.79 Å². The Bertz CT molecular complexity index is 960. The maximum absolute atomic E-state index is 12.6. The predicted octanol–water partition coefficient (Wildman–Crippen LogP) is 3.57. The van der Waals surface area contributed by atoms with Crippen molar-refractivity contribution < 1.29 is 4.79 Å². The van der Waals surface area contributed by atoms with Gasteiger partial charge in [-0.15, -0.1) is 11.3 Å². The molecule has 1 unspecified atom stereocenters. The van der Waals surface area contributed by atoms with Gasteiger partial charge < -0.3 is 10.2 Å². The smallest absolute Gasteiger partial charge is 0.246 e. The molecule has 0 spiro atoms. The van der Waals surface area contributed by atoms with Crippen molar-refractivity contribution in [3.05, 3.63) is 65.8 Å². The Balaban J connectivity index is 1.35. The van der Waals surface area contributed by atoms with Crippen molar-refractivity contribution in [3.63, 3.8) is 0 Å². The van der Waals surface area contributed by atoms with Gasteiger partial charge in [0.15, 0.2) is 5.13 Å². The Kier molecular flexibility index (Phi) is 6.21. The number of piperidine rings is 1. The normalized spacial score (nSPS) is 16.8. The highest BCUT2D eigenvalue weighted by Crippen LogP contribution is 2.22. The van der Waals surface area contributed by atoms with Crippen LogP contribution in [-0.2, 0) is 11.2 Å². The van der Waals surface area contributed by atoms with Gasteiger partial charge in [-0.05, 0) is 42.9 Å². The van der Waals surface area contributed by atoms with Gasteiger partial charge in [0, 0.05) is 54.9 Å².